The number of β-lactam (4-membered cyclic amide) rings is 1. The van der Waals surface area contributed by atoms with E-state index in [0.29, 0.717) is 64.0 Å². The van der Waals surface area contributed by atoms with Gasteiger partial charge in [0, 0.05) is 160 Å². The lowest BCUT2D eigenvalue weighted by atomic mass is 9.92. The number of hydrogen-bond donors (Lipinski definition) is 0. The van der Waals surface area contributed by atoms with Gasteiger partial charge in [-0.3, -0.25) is 48.7 Å². The Morgan fingerprint density at radius 1 is 0.299 bits per heavy atom. The number of halogens is 1. The van der Waals surface area contributed by atoms with Crippen molar-refractivity contribution in [2.45, 2.75) is 374 Å². The van der Waals surface area contributed by atoms with E-state index in [0.717, 1.165) is 63.6 Å². The molecule has 0 unspecified atom stereocenters. The van der Waals surface area contributed by atoms with Crippen molar-refractivity contribution in [3.8, 4) is 0 Å². The summed E-state index contributed by atoms with van der Waals surface area (Å²) in [6.45, 7) is 94.4. The van der Waals surface area contributed by atoms with Crippen molar-refractivity contribution in [1.82, 2.24) is 53.9 Å². The Kier molecular flexibility index (Phi) is 39.0. The molecule has 10 rings (SSSR count). The number of piperidine rings is 2. The maximum absolute atomic E-state index is 12.9. The second-order valence-electron chi connectivity index (χ2n) is 40.3. The molecule has 0 aromatic heterocycles. The third-order valence-corrected chi connectivity index (χ3v) is 20.4. The van der Waals surface area contributed by atoms with Crippen LogP contribution in [0.15, 0.2) is 0 Å². The Morgan fingerprint density at radius 3 is 0.722 bits per heavy atom. The number of hydrogen-bond acceptors (Lipinski definition) is 11. The number of alkyl halides is 1. The molecule has 0 aliphatic carbocycles. The fourth-order valence-corrected chi connectivity index (χ4v) is 13.0. The first kappa shape index (κ1) is 95.0. The van der Waals surface area contributed by atoms with Gasteiger partial charge >= 0.3 is 0 Å². The van der Waals surface area contributed by atoms with E-state index in [-0.39, 0.29) is 29.6 Å². The SMILES string of the molecule is C.CC(C)(C)N1CC1.CC(C)(C)N1CCC1=O.CC(C)(C)N1CCCC1.CC(C)(C)N1CCCC1=O.CC(C)(C)N1CCCC1=O.CC(C)(C)N1CCCCC1.CC1(F)CN(C(C)(C)C)C1.CC1CCN(C(C)(C)C)CC1.CC1CN(C(C)(C)C)C1.CN1CCN(C(C)(C)C)CC1. The summed E-state index contributed by atoms with van der Waals surface area (Å²) >= 11 is 0. The van der Waals surface area contributed by atoms with E-state index in [2.05, 4.69) is 268 Å². The van der Waals surface area contributed by atoms with Crippen LogP contribution in [0.25, 0.3) is 0 Å². The first-order valence-corrected chi connectivity index (χ1v) is 38.7. The second kappa shape index (κ2) is 39.8. The normalized spacial score (nSPS) is 22.5. The minimum atomic E-state index is -0.923. The number of likely N-dealkylation sites (N-methyl/N-ethyl adjacent to an activating group) is 1. The van der Waals surface area contributed by atoms with Crippen LogP contribution in [0.2, 0.25) is 0 Å². The maximum atomic E-state index is 12.9. The van der Waals surface area contributed by atoms with Gasteiger partial charge in [-0.05, 0) is 324 Å². The van der Waals surface area contributed by atoms with Crippen LogP contribution >= 0.6 is 0 Å². The predicted octanol–water partition coefficient (Wildman–Crippen LogP) is 16.8. The van der Waals surface area contributed by atoms with Crippen LogP contribution in [0.3, 0.4) is 0 Å². The molecule has 0 radical (unpaired) electrons. The Hall–Kier alpha value is -1.98. The summed E-state index contributed by atoms with van der Waals surface area (Å²) in [4.78, 5) is 58.6. The number of carbonyl (C=O) groups is 3. The molecular weight excluding hydrogens is 1210 g/mol. The Labute approximate surface area is 604 Å². The molecule has 0 saturated carbocycles. The Morgan fingerprint density at radius 2 is 0.557 bits per heavy atom. The minimum absolute atomic E-state index is 0. The number of rotatable bonds is 0. The van der Waals surface area contributed by atoms with Crippen LogP contribution in [0.1, 0.15) is 313 Å². The van der Waals surface area contributed by atoms with Crippen LogP contribution in [0.4, 0.5) is 4.39 Å². The first-order chi connectivity index (χ1) is 43.2. The molecule has 3 amide bonds. The van der Waals surface area contributed by atoms with Crippen LogP contribution < -0.4 is 0 Å². The van der Waals surface area contributed by atoms with E-state index in [9.17, 15) is 18.8 Å². The molecule has 10 fully saturated rings. The third kappa shape index (κ3) is 38.9. The molecule has 10 aliphatic rings. The van der Waals surface area contributed by atoms with Gasteiger partial charge in [-0.2, -0.15) is 0 Å². The number of amides is 3. The zero-order valence-corrected chi connectivity index (χ0v) is 70.6. The van der Waals surface area contributed by atoms with Crippen molar-refractivity contribution in [3.05, 3.63) is 0 Å². The summed E-state index contributed by atoms with van der Waals surface area (Å²) in [7, 11) is 2.19. The third-order valence-electron chi connectivity index (χ3n) is 20.4. The lowest BCUT2D eigenvalue weighted by Gasteiger charge is -2.49. The highest BCUT2D eigenvalue weighted by Gasteiger charge is 2.44. The molecule has 0 spiro atoms. The largest absolute Gasteiger partial charge is 0.338 e. The number of nitrogens with zero attached hydrogens (tertiary/aromatic N) is 11. The van der Waals surface area contributed by atoms with E-state index < -0.39 is 5.67 Å². The average Bonchev–Trinajstić information content (AvgIpc) is 1.78. The molecule has 0 atom stereocenters. The number of carbonyl (C=O) groups excluding carboxylic acids is 3. The Bertz CT molecular complexity index is 2090. The van der Waals surface area contributed by atoms with Crippen molar-refractivity contribution >= 4 is 17.7 Å². The van der Waals surface area contributed by atoms with Crippen molar-refractivity contribution in [2.24, 2.45) is 11.8 Å². The van der Waals surface area contributed by atoms with Gasteiger partial charge in [0.15, 0.2) is 0 Å². The lowest BCUT2D eigenvalue weighted by molar-refractivity contribution is -0.146. The van der Waals surface area contributed by atoms with Gasteiger partial charge in [0.2, 0.25) is 17.7 Å². The van der Waals surface area contributed by atoms with E-state index in [1.165, 1.54) is 137 Å². The summed E-state index contributed by atoms with van der Waals surface area (Å²) in [5.74, 6) is 2.81. The zero-order valence-electron chi connectivity index (χ0n) is 70.6. The Balaban J connectivity index is 0.00000106. The number of likely N-dealkylation sites (tertiary alicyclic amines) is 8. The van der Waals surface area contributed by atoms with Gasteiger partial charge in [-0.25, -0.2) is 4.39 Å². The average molecular weight is 1380 g/mol. The van der Waals surface area contributed by atoms with Crippen molar-refractivity contribution in [2.75, 3.05) is 131 Å². The van der Waals surface area contributed by atoms with Gasteiger partial charge in [-0.1, -0.05) is 27.7 Å². The molecule has 0 N–H and O–H groups in total. The smallest absolute Gasteiger partial charge is 0.224 e. The first-order valence-electron chi connectivity index (χ1n) is 38.7. The lowest BCUT2D eigenvalue weighted by Crippen LogP contribution is -2.63. The van der Waals surface area contributed by atoms with Crippen LogP contribution in [0, 0.1) is 11.8 Å². The standard InChI is InChI=1S/C10H21N.C9H20N2.C9H19N.C8H16FN.2C8H15NO.2C8H17N.C7H13NO.C6H13N.CH4/c1-9-5-7-11(8-6-9)10(2,3)4;1-9(2,3)11-7-5-10(4)6-8-11;1-9(2,3)10-7-5-4-6-8-10;1-7(2,3)10-5-8(4,9)6-10;2*1-8(2,3)9-6-4-5-7(9)10;1-7-5-9(6-7)8(2,3)4;1-8(2,3)9-6-4-5-7-9;1-7(2,3)8-5-4-6(8)9;1-6(2,3)7-4-5-7;/h9H,5-8H2,1-4H3;5-8H2,1-4H3;4-8H2,1-3H3;5-6H2,1-4H3;2*4-6H2,1-3H3;7H,5-6H2,1-4H3;4-7H2,1-3H3;4-5H2,1-3H3;4-5H2,1-3H3;1H4. The fourth-order valence-electron chi connectivity index (χ4n) is 13.0. The van der Waals surface area contributed by atoms with Crippen molar-refractivity contribution < 1.29 is 18.8 Å². The van der Waals surface area contributed by atoms with E-state index in [1.54, 1.807) is 6.92 Å². The highest BCUT2D eigenvalue weighted by atomic mass is 19.1. The molecule has 0 aromatic carbocycles. The maximum Gasteiger partial charge on any atom is 0.224 e. The highest BCUT2D eigenvalue weighted by Crippen LogP contribution is 2.32. The monoisotopic (exact) mass is 1380 g/mol. The molecule has 0 bridgehead atoms. The summed E-state index contributed by atoms with van der Waals surface area (Å²) in [6.07, 6.45) is 14.1. The zero-order chi connectivity index (χ0) is 74.7. The molecule has 15 heteroatoms. The van der Waals surface area contributed by atoms with Gasteiger partial charge < -0.3 is 19.6 Å². The molecule has 0 aromatic rings. The highest BCUT2D eigenvalue weighted by molar-refractivity contribution is 5.82. The summed E-state index contributed by atoms with van der Waals surface area (Å²) in [6, 6.07) is 0. The molecule has 10 heterocycles. The van der Waals surface area contributed by atoms with Crippen molar-refractivity contribution in [3.63, 3.8) is 0 Å². The van der Waals surface area contributed by atoms with Crippen LogP contribution in [-0.4, -0.2) is 264 Å². The summed E-state index contributed by atoms with van der Waals surface area (Å²) in [5.41, 5.74) is 1.76. The summed E-state index contributed by atoms with van der Waals surface area (Å²) in [5, 5.41) is 0. The van der Waals surface area contributed by atoms with Gasteiger partial charge in [0.1, 0.15) is 5.67 Å². The van der Waals surface area contributed by atoms with Gasteiger partial charge in [-0.15, -0.1) is 0 Å². The molecule has 97 heavy (non-hydrogen) atoms. The van der Waals surface area contributed by atoms with Gasteiger partial charge in [0.25, 0.3) is 0 Å². The van der Waals surface area contributed by atoms with Crippen LogP contribution in [0.5, 0.6) is 0 Å². The van der Waals surface area contributed by atoms with E-state index in [1.807, 2.05) is 14.7 Å². The van der Waals surface area contributed by atoms with Crippen molar-refractivity contribution in [1.29, 1.82) is 0 Å². The summed E-state index contributed by atoms with van der Waals surface area (Å²) < 4.78 is 12.9. The molecule has 10 saturated heterocycles. The topological polar surface area (TPSA) is 86.6 Å². The number of piperazine rings is 1. The van der Waals surface area contributed by atoms with E-state index in [4.69, 9.17) is 0 Å². The molecular formula is C82H170FN11O3. The second-order valence-corrected chi connectivity index (χ2v) is 40.3. The predicted molar refractivity (Wildman–Crippen MR) is 421 cm³/mol. The fraction of sp³-hybridized carbons (Fsp3) is 0.963. The molecule has 10 aliphatic heterocycles. The minimum Gasteiger partial charge on any atom is -0.338 e. The van der Waals surface area contributed by atoms with E-state index >= 15 is 0 Å². The van der Waals surface area contributed by atoms with Gasteiger partial charge in [0.05, 0.1) is 0 Å². The molecule has 578 valence electrons. The molecule has 14 nitrogen and oxygen atoms in total. The quantitative estimate of drug-likeness (QED) is 0.172. The van der Waals surface area contributed by atoms with Crippen LogP contribution in [-0.2, 0) is 14.4 Å².